The third kappa shape index (κ3) is 5.57. The maximum absolute atomic E-state index is 11.1. The Bertz CT molecular complexity index is 475. The molecule has 0 aromatic carbocycles. The number of pyridine rings is 1. The number of anilines is 2. The lowest BCUT2D eigenvalue weighted by Gasteiger charge is -2.25. The van der Waals surface area contributed by atoms with Gasteiger partial charge in [0.2, 0.25) is 5.82 Å². The van der Waals surface area contributed by atoms with Gasteiger partial charge in [-0.3, -0.25) is 10.1 Å². The highest BCUT2D eigenvalue weighted by Crippen LogP contribution is 2.28. The molecule has 0 saturated heterocycles. The molecule has 1 rings (SSSR count). The lowest BCUT2D eigenvalue weighted by atomic mass is 9.87. The number of aromatic nitrogens is 1. The minimum absolute atomic E-state index is 0.0124. The Morgan fingerprint density at radius 1 is 1.33 bits per heavy atom. The van der Waals surface area contributed by atoms with E-state index >= 15 is 0 Å². The van der Waals surface area contributed by atoms with Crippen molar-refractivity contribution >= 4 is 17.3 Å². The van der Waals surface area contributed by atoms with Crippen LogP contribution < -0.4 is 10.6 Å². The fraction of sp³-hybridized carbons (Fsp3) is 0.667. The molecule has 0 saturated carbocycles. The van der Waals surface area contributed by atoms with Gasteiger partial charge in [-0.05, 0) is 17.9 Å². The highest BCUT2D eigenvalue weighted by molar-refractivity contribution is 5.60. The fourth-order valence-electron chi connectivity index (χ4n) is 2.13. The fourth-order valence-corrected chi connectivity index (χ4v) is 2.13. The summed E-state index contributed by atoms with van der Waals surface area (Å²) in [5, 5.41) is 17.1. The summed E-state index contributed by atoms with van der Waals surface area (Å²) < 4.78 is 0. The van der Waals surface area contributed by atoms with Crippen LogP contribution >= 0.6 is 0 Å². The Morgan fingerprint density at radius 2 is 2.05 bits per heavy atom. The summed E-state index contributed by atoms with van der Waals surface area (Å²) in [4.78, 5) is 14.9. The van der Waals surface area contributed by atoms with Crippen molar-refractivity contribution in [1.82, 2.24) is 4.98 Å². The zero-order chi connectivity index (χ0) is 15.9. The predicted octanol–water partition coefficient (Wildman–Crippen LogP) is 4.05. The first kappa shape index (κ1) is 17.2. The quantitative estimate of drug-likeness (QED) is 0.408. The van der Waals surface area contributed by atoms with Gasteiger partial charge in [-0.1, -0.05) is 40.0 Å². The van der Waals surface area contributed by atoms with E-state index < -0.39 is 4.92 Å². The van der Waals surface area contributed by atoms with Crippen LogP contribution in [0.3, 0.4) is 0 Å². The molecule has 1 heterocycles. The van der Waals surface area contributed by atoms with E-state index in [9.17, 15) is 10.1 Å². The molecule has 0 radical (unpaired) electrons. The van der Waals surface area contributed by atoms with Gasteiger partial charge in [-0.2, -0.15) is 0 Å². The highest BCUT2D eigenvalue weighted by atomic mass is 16.6. The summed E-state index contributed by atoms with van der Waals surface area (Å²) in [6, 6.07) is 3.08. The molecule has 0 unspecified atom stereocenters. The molecule has 0 spiro atoms. The molecule has 0 aliphatic rings. The van der Waals surface area contributed by atoms with Crippen molar-refractivity contribution in [2.45, 2.75) is 46.5 Å². The third-order valence-corrected chi connectivity index (χ3v) is 3.52. The summed E-state index contributed by atoms with van der Waals surface area (Å²) in [5.74, 6) is 0.947. The molecule has 0 amide bonds. The molecule has 6 heteroatoms. The standard InChI is InChI=1S/C15H26N4O2/c1-5-6-7-10-15(2,3)11-17-14-12(19(20)21)8-9-13(16-4)18-14/h8-9H,5-7,10-11H2,1-4H3,(H2,16,17,18). The van der Waals surface area contributed by atoms with E-state index in [1.807, 2.05) is 0 Å². The first-order valence-corrected chi connectivity index (χ1v) is 7.46. The monoisotopic (exact) mass is 294 g/mol. The smallest absolute Gasteiger partial charge is 0.311 e. The van der Waals surface area contributed by atoms with E-state index in [-0.39, 0.29) is 11.1 Å². The average Bonchev–Trinajstić information content (AvgIpc) is 2.45. The Labute approximate surface area is 126 Å². The van der Waals surface area contributed by atoms with Gasteiger partial charge >= 0.3 is 5.69 Å². The summed E-state index contributed by atoms with van der Waals surface area (Å²) in [5.41, 5.74) is 0.0961. The van der Waals surface area contributed by atoms with Crippen molar-refractivity contribution in [3.8, 4) is 0 Å². The van der Waals surface area contributed by atoms with E-state index in [4.69, 9.17) is 0 Å². The van der Waals surface area contributed by atoms with Gasteiger partial charge in [-0.25, -0.2) is 4.98 Å². The molecule has 0 bridgehead atoms. The van der Waals surface area contributed by atoms with Crippen molar-refractivity contribution < 1.29 is 4.92 Å². The van der Waals surface area contributed by atoms with Crippen LogP contribution in [-0.4, -0.2) is 23.5 Å². The van der Waals surface area contributed by atoms with Crippen LogP contribution in [0.25, 0.3) is 0 Å². The van der Waals surface area contributed by atoms with Gasteiger partial charge in [0.15, 0.2) is 0 Å². The predicted molar refractivity (Wildman–Crippen MR) is 86.9 cm³/mol. The zero-order valence-electron chi connectivity index (χ0n) is 13.4. The van der Waals surface area contributed by atoms with Crippen LogP contribution in [0.4, 0.5) is 17.3 Å². The second-order valence-electron chi connectivity index (χ2n) is 6.05. The van der Waals surface area contributed by atoms with Crippen LogP contribution in [0, 0.1) is 15.5 Å². The summed E-state index contributed by atoms with van der Waals surface area (Å²) in [6.07, 6.45) is 4.68. The van der Waals surface area contributed by atoms with E-state index in [1.54, 1.807) is 13.1 Å². The molecule has 0 atom stereocenters. The van der Waals surface area contributed by atoms with Crippen molar-refractivity contribution in [2.75, 3.05) is 24.2 Å². The van der Waals surface area contributed by atoms with Crippen molar-refractivity contribution in [1.29, 1.82) is 0 Å². The van der Waals surface area contributed by atoms with E-state index in [0.717, 1.165) is 6.42 Å². The normalized spacial score (nSPS) is 11.2. The Hall–Kier alpha value is -1.85. The van der Waals surface area contributed by atoms with Crippen LogP contribution in [0.15, 0.2) is 12.1 Å². The second kappa shape index (κ2) is 7.81. The molecule has 2 N–H and O–H groups in total. The Balaban J connectivity index is 2.74. The summed E-state index contributed by atoms with van der Waals surface area (Å²) in [7, 11) is 1.74. The molecular weight excluding hydrogens is 268 g/mol. The van der Waals surface area contributed by atoms with Gasteiger partial charge < -0.3 is 10.6 Å². The number of nitro groups is 1. The molecule has 1 aromatic rings. The molecule has 0 fully saturated rings. The van der Waals surface area contributed by atoms with Gasteiger partial charge in [0.25, 0.3) is 0 Å². The molecule has 0 aliphatic heterocycles. The largest absolute Gasteiger partial charge is 0.373 e. The van der Waals surface area contributed by atoms with Crippen LogP contribution in [0.1, 0.15) is 46.5 Å². The maximum atomic E-state index is 11.1. The minimum Gasteiger partial charge on any atom is -0.373 e. The number of nitrogens with zero attached hydrogens (tertiary/aromatic N) is 2. The van der Waals surface area contributed by atoms with Gasteiger partial charge in [0, 0.05) is 19.7 Å². The Morgan fingerprint density at radius 3 is 2.62 bits per heavy atom. The van der Waals surface area contributed by atoms with E-state index in [1.165, 1.54) is 25.3 Å². The maximum Gasteiger partial charge on any atom is 0.311 e. The van der Waals surface area contributed by atoms with E-state index in [0.29, 0.717) is 18.2 Å². The number of hydrogen-bond donors (Lipinski definition) is 2. The number of nitrogens with one attached hydrogen (secondary N) is 2. The van der Waals surface area contributed by atoms with Gasteiger partial charge in [0.05, 0.1) is 4.92 Å². The average molecular weight is 294 g/mol. The molecule has 6 nitrogen and oxygen atoms in total. The Kier molecular flexibility index (Phi) is 6.39. The highest BCUT2D eigenvalue weighted by Gasteiger charge is 2.21. The molecular formula is C15H26N4O2. The molecule has 0 aliphatic carbocycles. The van der Waals surface area contributed by atoms with Crippen LogP contribution in [0.5, 0.6) is 0 Å². The third-order valence-electron chi connectivity index (χ3n) is 3.52. The van der Waals surface area contributed by atoms with Crippen LogP contribution in [-0.2, 0) is 0 Å². The zero-order valence-corrected chi connectivity index (χ0v) is 13.4. The minimum atomic E-state index is -0.404. The first-order chi connectivity index (χ1) is 9.89. The number of hydrogen-bond acceptors (Lipinski definition) is 5. The van der Waals surface area contributed by atoms with Gasteiger partial charge in [0.1, 0.15) is 5.82 Å². The topological polar surface area (TPSA) is 80.1 Å². The molecule has 21 heavy (non-hydrogen) atoms. The number of rotatable bonds is 9. The summed E-state index contributed by atoms with van der Waals surface area (Å²) in [6.45, 7) is 7.19. The molecule has 1 aromatic heterocycles. The van der Waals surface area contributed by atoms with Crippen molar-refractivity contribution in [3.05, 3.63) is 22.2 Å². The lowest BCUT2D eigenvalue weighted by molar-refractivity contribution is -0.384. The number of unbranched alkanes of at least 4 members (excludes halogenated alkanes) is 2. The first-order valence-electron chi connectivity index (χ1n) is 7.46. The SMILES string of the molecule is CCCCCC(C)(C)CNc1nc(NC)ccc1[N+](=O)[O-]. The molecule has 118 valence electrons. The summed E-state index contributed by atoms with van der Waals surface area (Å²) >= 11 is 0. The second-order valence-corrected chi connectivity index (χ2v) is 6.05. The lowest BCUT2D eigenvalue weighted by Crippen LogP contribution is -2.24. The van der Waals surface area contributed by atoms with Crippen molar-refractivity contribution in [3.63, 3.8) is 0 Å². The van der Waals surface area contributed by atoms with Crippen molar-refractivity contribution in [2.24, 2.45) is 5.41 Å². The van der Waals surface area contributed by atoms with Gasteiger partial charge in [-0.15, -0.1) is 0 Å². The van der Waals surface area contributed by atoms with Crippen LogP contribution in [0.2, 0.25) is 0 Å². The van der Waals surface area contributed by atoms with E-state index in [2.05, 4.69) is 36.4 Å².